The van der Waals surface area contributed by atoms with Crippen LogP contribution in [0.3, 0.4) is 0 Å². The van der Waals surface area contributed by atoms with Crippen molar-refractivity contribution < 1.29 is 4.79 Å². The van der Waals surface area contributed by atoms with Gasteiger partial charge in [-0.15, -0.1) is 0 Å². The molecule has 88 valence electrons. The van der Waals surface area contributed by atoms with Gasteiger partial charge in [0.25, 0.3) is 0 Å². The van der Waals surface area contributed by atoms with Crippen LogP contribution in [0.1, 0.15) is 18.4 Å². The van der Waals surface area contributed by atoms with Gasteiger partial charge >= 0.3 is 0 Å². The highest BCUT2D eigenvalue weighted by Gasteiger charge is 2.06. The van der Waals surface area contributed by atoms with Crippen LogP contribution in [0.5, 0.6) is 0 Å². The van der Waals surface area contributed by atoms with Crippen LogP contribution in [-0.4, -0.2) is 38.0 Å². The quantitative estimate of drug-likeness (QED) is 0.815. The molecule has 0 fully saturated rings. The molecule has 0 aliphatic heterocycles. The highest BCUT2D eigenvalue weighted by atomic mass is 16.2. The Labute approximate surface area is 97.5 Å². The van der Waals surface area contributed by atoms with Gasteiger partial charge in [-0.1, -0.05) is 37.3 Å². The average molecular weight is 220 g/mol. The van der Waals surface area contributed by atoms with Gasteiger partial charge in [-0.2, -0.15) is 0 Å². The number of nitrogens with zero attached hydrogens (tertiary/aromatic N) is 1. The lowest BCUT2D eigenvalue weighted by atomic mass is 10.0. The van der Waals surface area contributed by atoms with Gasteiger partial charge in [-0.3, -0.25) is 4.79 Å². The summed E-state index contributed by atoms with van der Waals surface area (Å²) in [5, 5.41) is 3.17. The van der Waals surface area contributed by atoms with Crippen LogP contribution in [0.4, 0.5) is 0 Å². The van der Waals surface area contributed by atoms with E-state index in [9.17, 15) is 4.79 Å². The van der Waals surface area contributed by atoms with E-state index >= 15 is 0 Å². The first-order valence-electron chi connectivity index (χ1n) is 5.57. The van der Waals surface area contributed by atoms with E-state index < -0.39 is 0 Å². The van der Waals surface area contributed by atoms with Crippen LogP contribution >= 0.6 is 0 Å². The number of amides is 1. The number of likely N-dealkylation sites (N-methyl/N-ethyl adjacent to an activating group) is 1. The van der Waals surface area contributed by atoms with Gasteiger partial charge in [0.05, 0.1) is 6.54 Å². The Morgan fingerprint density at radius 2 is 1.94 bits per heavy atom. The highest BCUT2D eigenvalue weighted by molar-refractivity contribution is 5.77. The van der Waals surface area contributed by atoms with Crippen molar-refractivity contribution in [1.82, 2.24) is 10.2 Å². The average Bonchev–Trinajstić information content (AvgIpc) is 2.29. The third-order valence-corrected chi connectivity index (χ3v) is 2.59. The second-order valence-corrected chi connectivity index (χ2v) is 4.23. The Balaban J connectivity index is 2.31. The smallest absolute Gasteiger partial charge is 0.236 e. The standard InChI is InChI=1S/C13H20N2O/c1-11(12-7-5-4-6-8-12)9-14-10-13(16)15(2)3/h4-8,11,14H,9-10H2,1-3H3/t11-/m1/s1. The lowest BCUT2D eigenvalue weighted by molar-refractivity contribution is -0.127. The minimum atomic E-state index is 0.111. The van der Waals surface area contributed by atoms with Crippen LogP contribution in [0, 0.1) is 0 Å². The van der Waals surface area contributed by atoms with Crippen LogP contribution < -0.4 is 5.32 Å². The van der Waals surface area contributed by atoms with Crippen molar-refractivity contribution in [2.24, 2.45) is 0 Å². The summed E-state index contributed by atoms with van der Waals surface area (Å²) in [5.74, 6) is 0.538. The van der Waals surface area contributed by atoms with Crippen molar-refractivity contribution in [2.45, 2.75) is 12.8 Å². The molecule has 0 unspecified atom stereocenters. The number of hydrogen-bond donors (Lipinski definition) is 1. The molecule has 1 aromatic carbocycles. The van der Waals surface area contributed by atoms with Crippen molar-refractivity contribution in [3.8, 4) is 0 Å². The molecule has 0 radical (unpaired) electrons. The van der Waals surface area contributed by atoms with Gasteiger partial charge in [0.15, 0.2) is 0 Å². The van der Waals surface area contributed by atoms with E-state index in [4.69, 9.17) is 0 Å². The number of benzene rings is 1. The third kappa shape index (κ3) is 4.03. The molecule has 0 aliphatic rings. The zero-order valence-corrected chi connectivity index (χ0v) is 10.2. The number of hydrogen-bond acceptors (Lipinski definition) is 2. The SMILES string of the molecule is C[C@H](CNCC(=O)N(C)C)c1ccccc1. The Bertz CT molecular complexity index is 322. The maximum absolute atomic E-state index is 11.3. The Hall–Kier alpha value is -1.35. The molecule has 0 aromatic heterocycles. The molecule has 16 heavy (non-hydrogen) atoms. The Morgan fingerprint density at radius 1 is 1.31 bits per heavy atom. The molecule has 1 N–H and O–H groups in total. The van der Waals surface area contributed by atoms with Crippen molar-refractivity contribution in [3.63, 3.8) is 0 Å². The number of rotatable bonds is 5. The molecule has 0 bridgehead atoms. The molecule has 1 atom stereocenters. The monoisotopic (exact) mass is 220 g/mol. The van der Waals surface area contributed by atoms with Crippen LogP contribution in [0.2, 0.25) is 0 Å². The van der Waals surface area contributed by atoms with Crippen molar-refractivity contribution >= 4 is 5.91 Å². The lowest BCUT2D eigenvalue weighted by Gasteiger charge is -2.14. The molecule has 0 aliphatic carbocycles. The summed E-state index contributed by atoms with van der Waals surface area (Å²) in [6.07, 6.45) is 0. The van der Waals surface area contributed by atoms with E-state index in [1.54, 1.807) is 19.0 Å². The fourth-order valence-corrected chi connectivity index (χ4v) is 1.45. The van der Waals surface area contributed by atoms with E-state index in [0.717, 1.165) is 6.54 Å². The van der Waals surface area contributed by atoms with E-state index in [2.05, 4.69) is 24.4 Å². The summed E-state index contributed by atoms with van der Waals surface area (Å²) >= 11 is 0. The zero-order chi connectivity index (χ0) is 12.0. The summed E-state index contributed by atoms with van der Waals surface area (Å²) in [7, 11) is 3.54. The fraction of sp³-hybridized carbons (Fsp3) is 0.462. The van der Waals surface area contributed by atoms with Gasteiger partial charge in [0.1, 0.15) is 0 Å². The second kappa shape index (κ2) is 6.28. The number of nitrogens with one attached hydrogen (secondary N) is 1. The summed E-state index contributed by atoms with van der Waals surface area (Å²) < 4.78 is 0. The normalized spacial score (nSPS) is 12.2. The van der Waals surface area contributed by atoms with Gasteiger partial charge < -0.3 is 10.2 Å². The van der Waals surface area contributed by atoms with Crippen LogP contribution in [-0.2, 0) is 4.79 Å². The van der Waals surface area contributed by atoms with Crippen molar-refractivity contribution in [2.75, 3.05) is 27.2 Å². The molecule has 3 heteroatoms. The number of carbonyl (C=O) groups excluding carboxylic acids is 1. The van der Waals surface area contributed by atoms with Crippen molar-refractivity contribution in [3.05, 3.63) is 35.9 Å². The van der Waals surface area contributed by atoms with E-state index in [0.29, 0.717) is 12.5 Å². The van der Waals surface area contributed by atoms with Gasteiger partial charge in [0.2, 0.25) is 5.91 Å². The molecule has 0 saturated heterocycles. The Kier molecular flexibility index (Phi) is 4.99. The van der Waals surface area contributed by atoms with Crippen LogP contribution in [0.25, 0.3) is 0 Å². The number of carbonyl (C=O) groups is 1. The van der Waals surface area contributed by atoms with E-state index in [1.807, 2.05) is 18.2 Å². The van der Waals surface area contributed by atoms with Gasteiger partial charge in [0, 0.05) is 20.6 Å². The summed E-state index contributed by atoms with van der Waals surface area (Å²) in [6.45, 7) is 3.39. The summed E-state index contributed by atoms with van der Waals surface area (Å²) in [5.41, 5.74) is 1.30. The molecule has 0 spiro atoms. The maximum atomic E-state index is 11.3. The zero-order valence-electron chi connectivity index (χ0n) is 10.2. The summed E-state index contributed by atoms with van der Waals surface area (Å²) in [4.78, 5) is 12.9. The largest absolute Gasteiger partial charge is 0.348 e. The lowest BCUT2D eigenvalue weighted by Crippen LogP contribution is -2.34. The third-order valence-electron chi connectivity index (χ3n) is 2.59. The fourth-order valence-electron chi connectivity index (χ4n) is 1.45. The summed E-state index contributed by atoms with van der Waals surface area (Å²) in [6, 6.07) is 10.3. The first-order chi connectivity index (χ1) is 7.61. The van der Waals surface area contributed by atoms with Crippen molar-refractivity contribution in [1.29, 1.82) is 0 Å². The molecular formula is C13H20N2O. The van der Waals surface area contributed by atoms with Crippen LogP contribution in [0.15, 0.2) is 30.3 Å². The predicted molar refractivity (Wildman–Crippen MR) is 66.4 cm³/mol. The second-order valence-electron chi connectivity index (χ2n) is 4.23. The van der Waals surface area contributed by atoms with E-state index in [-0.39, 0.29) is 5.91 Å². The highest BCUT2D eigenvalue weighted by Crippen LogP contribution is 2.12. The van der Waals surface area contributed by atoms with Gasteiger partial charge in [-0.05, 0) is 11.5 Å². The first kappa shape index (κ1) is 12.7. The van der Waals surface area contributed by atoms with Gasteiger partial charge in [-0.25, -0.2) is 0 Å². The van der Waals surface area contributed by atoms with E-state index in [1.165, 1.54) is 5.56 Å². The topological polar surface area (TPSA) is 32.3 Å². The maximum Gasteiger partial charge on any atom is 0.236 e. The first-order valence-corrected chi connectivity index (χ1v) is 5.57. The molecule has 1 amide bonds. The molecular weight excluding hydrogens is 200 g/mol. The minimum Gasteiger partial charge on any atom is -0.348 e. The minimum absolute atomic E-state index is 0.111. The molecule has 1 rings (SSSR count). The Morgan fingerprint density at radius 3 is 2.50 bits per heavy atom. The molecule has 3 nitrogen and oxygen atoms in total. The molecule has 0 heterocycles. The predicted octanol–water partition coefficient (Wildman–Crippen LogP) is 1.47. The molecule has 0 saturated carbocycles. The molecule has 1 aromatic rings.